The minimum Gasteiger partial charge on any atom is -0.460 e. The maximum atomic E-state index is 12.9. The number of hydrogen-bond donors (Lipinski definition) is 3. The number of anilines is 1. The first-order valence-electron chi connectivity index (χ1n) is 8.80. The van der Waals surface area contributed by atoms with E-state index in [4.69, 9.17) is 9.47 Å². The molecular formula is C19H27FN2O6. The summed E-state index contributed by atoms with van der Waals surface area (Å²) >= 11 is 0. The van der Waals surface area contributed by atoms with Crippen molar-refractivity contribution in [3.63, 3.8) is 0 Å². The highest BCUT2D eigenvalue weighted by Gasteiger charge is 2.29. The fourth-order valence-corrected chi connectivity index (χ4v) is 2.14. The van der Waals surface area contributed by atoms with Crippen molar-refractivity contribution < 1.29 is 33.4 Å². The zero-order chi connectivity index (χ0) is 21.3. The van der Waals surface area contributed by atoms with Gasteiger partial charge in [0.05, 0.1) is 12.5 Å². The number of hydrogen-bond acceptors (Lipinski definition) is 6. The topological polar surface area (TPSA) is 114 Å². The minimum absolute atomic E-state index is 0.434. The number of carbonyl (C=O) groups excluding carboxylic acids is 3. The number of aliphatic hydroxyl groups is 1. The van der Waals surface area contributed by atoms with Gasteiger partial charge in [-0.1, -0.05) is 18.2 Å². The molecule has 1 aromatic rings. The van der Waals surface area contributed by atoms with Crippen LogP contribution in [-0.2, 0) is 19.1 Å². The molecule has 2 unspecified atom stereocenters. The van der Waals surface area contributed by atoms with Gasteiger partial charge in [-0.3, -0.25) is 14.9 Å². The summed E-state index contributed by atoms with van der Waals surface area (Å²) in [5.41, 5.74) is -0.283. The van der Waals surface area contributed by atoms with Crippen LogP contribution in [0.15, 0.2) is 30.3 Å². The number of esters is 1. The van der Waals surface area contributed by atoms with Crippen LogP contribution in [0.4, 0.5) is 14.9 Å². The Kier molecular flexibility index (Phi) is 8.84. The van der Waals surface area contributed by atoms with Gasteiger partial charge in [0.1, 0.15) is 18.4 Å². The second-order valence-corrected chi connectivity index (χ2v) is 7.17. The van der Waals surface area contributed by atoms with E-state index in [0.717, 1.165) is 0 Å². The first-order valence-corrected chi connectivity index (χ1v) is 8.80. The number of ether oxygens (including phenoxy) is 2. The fraction of sp³-hybridized carbons (Fsp3) is 0.526. The number of benzene rings is 1. The van der Waals surface area contributed by atoms with Crippen LogP contribution in [0.5, 0.6) is 0 Å². The quantitative estimate of drug-likeness (QED) is 0.579. The number of aliphatic hydroxyl groups excluding tert-OH is 1. The van der Waals surface area contributed by atoms with Crippen molar-refractivity contribution in [1.82, 2.24) is 5.32 Å². The first-order chi connectivity index (χ1) is 13.0. The average Bonchev–Trinajstić information content (AvgIpc) is 2.59. The molecule has 0 aromatic heterocycles. The highest BCUT2D eigenvalue weighted by molar-refractivity contribution is 5.88. The predicted molar refractivity (Wildman–Crippen MR) is 100 cm³/mol. The molecule has 0 aliphatic carbocycles. The van der Waals surface area contributed by atoms with E-state index in [2.05, 4.69) is 10.6 Å². The molecule has 156 valence electrons. The van der Waals surface area contributed by atoms with Crippen LogP contribution in [0, 0.1) is 0 Å². The van der Waals surface area contributed by atoms with Crippen LogP contribution in [0.2, 0.25) is 0 Å². The van der Waals surface area contributed by atoms with Gasteiger partial charge in [-0.05, 0) is 39.8 Å². The third-order valence-electron chi connectivity index (χ3n) is 3.43. The Balaban J connectivity index is 2.62. The average molecular weight is 398 g/mol. The summed E-state index contributed by atoms with van der Waals surface area (Å²) in [5, 5.41) is 14.5. The van der Waals surface area contributed by atoms with Gasteiger partial charge in [0.2, 0.25) is 0 Å². The molecule has 0 fully saturated rings. The standard InChI is InChI=1S/C19H27FN2O6/c1-12(27-18(26)21-13-8-6-5-7-9-13)17(25)22-14(15(23)11-20)10-16(24)28-19(2,3)4/h5-9,12,14-15,23H,10-11H2,1-4H3,(H,21,26)(H,22,25)/t12-,14?,15?/m0/s1. The Hall–Kier alpha value is -2.68. The molecule has 9 heteroatoms. The van der Waals surface area contributed by atoms with Gasteiger partial charge in [-0.15, -0.1) is 0 Å². The highest BCUT2D eigenvalue weighted by Crippen LogP contribution is 2.12. The monoisotopic (exact) mass is 398 g/mol. The van der Waals surface area contributed by atoms with Crippen LogP contribution in [0.3, 0.4) is 0 Å². The smallest absolute Gasteiger partial charge is 0.412 e. The Bertz CT molecular complexity index is 662. The summed E-state index contributed by atoms with van der Waals surface area (Å²) in [5.74, 6) is -1.50. The van der Waals surface area contributed by atoms with Gasteiger partial charge >= 0.3 is 12.1 Å². The zero-order valence-corrected chi connectivity index (χ0v) is 16.4. The lowest BCUT2D eigenvalue weighted by Gasteiger charge is -2.25. The van der Waals surface area contributed by atoms with Gasteiger partial charge in [0.25, 0.3) is 5.91 Å². The number of carbonyl (C=O) groups is 3. The molecule has 0 spiro atoms. The number of rotatable bonds is 8. The Labute approximate surface area is 163 Å². The van der Waals surface area contributed by atoms with E-state index in [1.807, 2.05) is 0 Å². The Morgan fingerprint density at radius 3 is 2.32 bits per heavy atom. The van der Waals surface area contributed by atoms with Crippen LogP contribution >= 0.6 is 0 Å². The molecule has 0 heterocycles. The van der Waals surface area contributed by atoms with Crippen molar-refractivity contribution in [2.45, 2.75) is 58.0 Å². The summed E-state index contributed by atoms with van der Waals surface area (Å²) in [6, 6.07) is 7.25. The Morgan fingerprint density at radius 1 is 1.18 bits per heavy atom. The number of nitrogens with one attached hydrogen (secondary N) is 2. The summed E-state index contributed by atoms with van der Waals surface area (Å²) in [7, 11) is 0. The second-order valence-electron chi connectivity index (χ2n) is 7.17. The highest BCUT2D eigenvalue weighted by atomic mass is 19.1. The van der Waals surface area contributed by atoms with Crippen LogP contribution in [0.1, 0.15) is 34.1 Å². The summed E-state index contributed by atoms with van der Waals surface area (Å²) in [6.45, 7) is 5.12. The van der Waals surface area contributed by atoms with Crippen molar-refractivity contribution in [3.8, 4) is 0 Å². The molecule has 1 aromatic carbocycles. The number of halogens is 1. The van der Waals surface area contributed by atoms with Crippen LogP contribution < -0.4 is 10.6 Å². The van der Waals surface area contributed by atoms with E-state index in [1.165, 1.54) is 6.92 Å². The lowest BCUT2D eigenvalue weighted by molar-refractivity contribution is -0.156. The largest absolute Gasteiger partial charge is 0.460 e. The SMILES string of the molecule is C[C@H](OC(=O)Nc1ccccc1)C(=O)NC(CC(=O)OC(C)(C)C)C(O)CF. The third-order valence-corrected chi connectivity index (χ3v) is 3.43. The van der Waals surface area contributed by atoms with E-state index < -0.39 is 54.9 Å². The van der Waals surface area contributed by atoms with Gasteiger partial charge in [0.15, 0.2) is 6.10 Å². The molecular weight excluding hydrogens is 371 g/mol. The third kappa shape index (κ3) is 8.81. The number of para-hydroxylation sites is 1. The molecule has 0 saturated heterocycles. The molecule has 3 atom stereocenters. The predicted octanol–water partition coefficient (Wildman–Crippen LogP) is 2.17. The van der Waals surface area contributed by atoms with Crippen molar-refractivity contribution in [2.24, 2.45) is 0 Å². The lowest BCUT2D eigenvalue weighted by Crippen LogP contribution is -2.49. The van der Waals surface area contributed by atoms with E-state index in [9.17, 15) is 23.9 Å². The number of alkyl halides is 1. The van der Waals surface area contributed by atoms with E-state index >= 15 is 0 Å². The Morgan fingerprint density at radius 2 is 1.79 bits per heavy atom. The molecule has 0 bridgehead atoms. The maximum absolute atomic E-state index is 12.9. The molecule has 0 aliphatic heterocycles. The number of amides is 2. The molecule has 0 saturated carbocycles. The lowest BCUT2D eigenvalue weighted by atomic mass is 10.1. The first kappa shape index (κ1) is 23.4. The molecule has 0 aliphatic rings. The molecule has 1 rings (SSSR count). The molecule has 2 amide bonds. The normalized spacial score (nSPS) is 14.4. The summed E-state index contributed by atoms with van der Waals surface area (Å²) in [6.07, 6.45) is -4.14. The van der Waals surface area contributed by atoms with Gasteiger partial charge in [0, 0.05) is 5.69 Å². The molecule has 0 radical (unpaired) electrons. The molecule has 28 heavy (non-hydrogen) atoms. The second kappa shape index (κ2) is 10.6. The van der Waals surface area contributed by atoms with Crippen LogP contribution in [-0.4, -0.2) is 53.6 Å². The van der Waals surface area contributed by atoms with Crippen molar-refractivity contribution in [1.29, 1.82) is 0 Å². The van der Waals surface area contributed by atoms with Gasteiger partial charge in [-0.25, -0.2) is 9.18 Å². The fourth-order valence-electron chi connectivity index (χ4n) is 2.14. The summed E-state index contributed by atoms with van der Waals surface area (Å²) < 4.78 is 23.0. The van der Waals surface area contributed by atoms with E-state index in [0.29, 0.717) is 5.69 Å². The maximum Gasteiger partial charge on any atom is 0.412 e. The van der Waals surface area contributed by atoms with Gasteiger partial charge < -0.3 is 19.9 Å². The van der Waals surface area contributed by atoms with Crippen molar-refractivity contribution in [2.75, 3.05) is 12.0 Å². The van der Waals surface area contributed by atoms with Crippen molar-refractivity contribution >= 4 is 23.7 Å². The summed E-state index contributed by atoms with van der Waals surface area (Å²) in [4.78, 5) is 36.0. The zero-order valence-electron chi connectivity index (χ0n) is 16.4. The van der Waals surface area contributed by atoms with Gasteiger partial charge in [-0.2, -0.15) is 0 Å². The van der Waals surface area contributed by atoms with E-state index in [1.54, 1.807) is 51.1 Å². The van der Waals surface area contributed by atoms with E-state index in [-0.39, 0.29) is 0 Å². The van der Waals surface area contributed by atoms with Crippen molar-refractivity contribution in [3.05, 3.63) is 30.3 Å². The van der Waals surface area contributed by atoms with Crippen LogP contribution in [0.25, 0.3) is 0 Å². The molecule has 3 N–H and O–H groups in total. The molecule has 8 nitrogen and oxygen atoms in total. The minimum atomic E-state index is -1.61.